The summed E-state index contributed by atoms with van der Waals surface area (Å²) in [7, 11) is 1.81. The molecule has 0 spiro atoms. The lowest BCUT2D eigenvalue weighted by Gasteiger charge is -2.26. The minimum atomic E-state index is -0.207. The number of aromatic nitrogens is 2. The highest BCUT2D eigenvalue weighted by Crippen LogP contribution is 2.30. The number of rotatable bonds is 3. The second-order valence-electron chi connectivity index (χ2n) is 5.00. The molecule has 0 aliphatic carbocycles. The number of ether oxygens (including phenoxy) is 2. The molecule has 1 atom stereocenters. The lowest BCUT2D eigenvalue weighted by molar-refractivity contribution is 0.0786. The lowest BCUT2D eigenvalue weighted by Crippen LogP contribution is -2.40. The second kappa shape index (κ2) is 5.47. The van der Waals surface area contributed by atoms with E-state index in [0.29, 0.717) is 24.6 Å². The molecule has 0 radical (unpaired) electrons. The van der Waals surface area contributed by atoms with Crippen LogP contribution in [0.25, 0.3) is 0 Å². The maximum atomic E-state index is 12.0. The number of hydrogen-bond donors (Lipinski definition) is 1. The molecule has 1 aliphatic heterocycles. The zero-order valence-electron chi connectivity index (χ0n) is 12.0. The summed E-state index contributed by atoms with van der Waals surface area (Å²) in [6, 6.07) is 9.25. The number of benzene rings is 1. The molecule has 1 aliphatic rings. The van der Waals surface area contributed by atoms with Gasteiger partial charge in [0.05, 0.1) is 6.54 Å². The molecule has 21 heavy (non-hydrogen) atoms. The van der Waals surface area contributed by atoms with Gasteiger partial charge >= 0.3 is 0 Å². The van der Waals surface area contributed by atoms with Crippen LogP contribution >= 0.6 is 0 Å². The van der Waals surface area contributed by atoms with Gasteiger partial charge < -0.3 is 14.8 Å². The number of fused-ring (bicyclic) bond motifs is 1. The summed E-state index contributed by atoms with van der Waals surface area (Å²) in [5, 5.41) is 6.96. The molecule has 3 rings (SSSR count). The molecule has 1 aromatic carbocycles. The van der Waals surface area contributed by atoms with Crippen molar-refractivity contribution < 1.29 is 14.3 Å². The topological polar surface area (TPSA) is 65.4 Å². The van der Waals surface area contributed by atoms with Gasteiger partial charge in [-0.05, 0) is 25.1 Å². The predicted octanol–water partition coefficient (Wildman–Crippen LogP) is 1.30. The number of nitrogens with zero attached hydrogens (tertiary/aromatic N) is 2. The van der Waals surface area contributed by atoms with Crippen LogP contribution < -0.4 is 14.8 Å². The number of hydrogen-bond acceptors (Lipinski definition) is 4. The maximum Gasteiger partial charge on any atom is 0.271 e. The first-order valence-corrected chi connectivity index (χ1v) is 6.81. The monoisotopic (exact) mass is 287 g/mol. The Kier molecular flexibility index (Phi) is 3.51. The minimum Gasteiger partial charge on any atom is -0.486 e. The highest BCUT2D eigenvalue weighted by Gasteiger charge is 2.21. The SMILES string of the molecule is Cc1cc(C(=O)NC[C@@H]2COc3ccccc3O2)nn1C. The number of para-hydroxylation sites is 2. The summed E-state index contributed by atoms with van der Waals surface area (Å²) in [5.41, 5.74) is 1.35. The molecule has 1 amide bonds. The fourth-order valence-electron chi connectivity index (χ4n) is 2.13. The Hall–Kier alpha value is -2.50. The first-order chi connectivity index (χ1) is 10.1. The van der Waals surface area contributed by atoms with Crippen molar-refractivity contribution in [1.82, 2.24) is 15.1 Å². The fraction of sp³-hybridized carbons (Fsp3) is 0.333. The van der Waals surface area contributed by atoms with Gasteiger partial charge in [0.15, 0.2) is 11.5 Å². The van der Waals surface area contributed by atoms with Gasteiger partial charge in [-0.15, -0.1) is 0 Å². The van der Waals surface area contributed by atoms with Crippen LogP contribution in [0.15, 0.2) is 30.3 Å². The van der Waals surface area contributed by atoms with Crippen molar-refractivity contribution in [3.8, 4) is 11.5 Å². The van der Waals surface area contributed by atoms with Gasteiger partial charge in [0.2, 0.25) is 0 Å². The molecular formula is C15H17N3O3. The van der Waals surface area contributed by atoms with Crippen LogP contribution in [-0.4, -0.2) is 34.9 Å². The van der Waals surface area contributed by atoms with Gasteiger partial charge in [0, 0.05) is 12.7 Å². The van der Waals surface area contributed by atoms with E-state index in [9.17, 15) is 4.79 Å². The van der Waals surface area contributed by atoms with Crippen molar-refractivity contribution in [2.24, 2.45) is 7.05 Å². The molecule has 2 heterocycles. The first kappa shape index (κ1) is 13.5. The number of carbonyl (C=O) groups excluding carboxylic acids is 1. The predicted molar refractivity (Wildman–Crippen MR) is 76.6 cm³/mol. The Morgan fingerprint density at radius 1 is 1.43 bits per heavy atom. The summed E-state index contributed by atoms with van der Waals surface area (Å²) >= 11 is 0. The number of amides is 1. The van der Waals surface area contributed by atoms with E-state index >= 15 is 0 Å². The summed E-state index contributed by atoms with van der Waals surface area (Å²) in [6.45, 7) is 2.69. The average molecular weight is 287 g/mol. The molecule has 1 aromatic heterocycles. The Labute approximate surface area is 122 Å². The number of carbonyl (C=O) groups is 1. The Bertz CT molecular complexity index is 646. The second-order valence-corrected chi connectivity index (χ2v) is 5.00. The van der Waals surface area contributed by atoms with Crippen LogP contribution in [0.1, 0.15) is 16.2 Å². The van der Waals surface area contributed by atoms with Crippen molar-refractivity contribution in [2.75, 3.05) is 13.2 Å². The van der Waals surface area contributed by atoms with E-state index in [0.717, 1.165) is 11.4 Å². The normalized spacial score (nSPS) is 16.6. The summed E-state index contributed by atoms with van der Waals surface area (Å²) in [5.74, 6) is 1.23. The fourth-order valence-corrected chi connectivity index (χ4v) is 2.13. The molecule has 6 nitrogen and oxygen atoms in total. The van der Waals surface area contributed by atoms with Gasteiger partial charge in [-0.1, -0.05) is 12.1 Å². The third kappa shape index (κ3) is 2.84. The summed E-state index contributed by atoms with van der Waals surface area (Å²) < 4.78 is 13.1. The number of aryl methyl sites for hydroxylation is 2. The molecule has 0 fully saturated rings. The van der Waals surface area contributed by atoms with E-state index in [2.05, 4.69) is 10.4 Å². The molecule has 2 aromatic rings. The molecule has 110 valence electrons. The van der Waals surface area contributed by atoms with Crippen LogP contribution in [0.5, 0.6) is 11.5 Å². The lowest BCUT2D eigenvalue weighted by atomic mass is 10.2. The largest absolute Gasteiger partial charge is 0.486 e. The highest BCUT2D eigenvalue weighted by atomic mass is 16.6. The number of nitrogens with one attached hydrogen (secondary N) is 1. The maximum absolute atomic E-state index is 12.0. The van der Waals surface area contributed by atoms with Gasteiger partial charge in [0.25, 0.3) is 5.91 Å². The molecular weight excluding hydrogens is 270 g/mol. The van der Waals surface area contributed by atoms with E-state index in [-0.39, 0.29) is 12.0 Å². The van der Waals surface area contributed by atoms with Crippen LogP contribution in [0, 0.1) is 6.92 Å². The van der Waals surface area contributed by atoms with Crippen LogP contribution in [0.2, 0.25) is 0 Å². The van der Waals surface area contributed by atoms with Crippen molar-refractivity contribution in [3.63, 3.8) is 0 Å². The van der Waals surface area contributed by atoms with Gasteiger partial charge in [-0.3, -0.25) is 9.48 Å². The quantitative estimate of drug-likeness (QED) is 0.924. The minimum absolute atomic E-state index is 0.200. The van der Waals surface area contributed by atoms with Crippen LogP contribution in [0.3, 0.4) is 0 Å². The van der Waals surface area contributed by atoms with E-state index in [4.69, 9.17) is 9.47 Å². The van der Waals surface area contributed by atoms with Crippen LogP contribution in [-0.2, 0) is 7.05 Å². The Balaban J connectivity index is 1.58. The Morgan fingerprint density at radius 3 is 2.90 bits per heavy atom. The Morgan fingerprint density at radius 2 is 2.19 bits per heavy atom. The molecule has 0 saturated heterocycles. The zero-order valence-corrected chi connectivity index (χ0v) is 12.0. The van der Waals surface area contributed by atoms with Crippen molar-refractivity contribution in [3.05, 3.63) is 41.7 Å². The van der Waals surface area contributed by atoms with Gasteiger partial charge in [0.1, 0.15) is 18.4 Å². The van der Waals surface area contributed by atoms with Gasteiger partial charge in [-0.2, -0.15) is 5.10 Å². The summed E-state index contributed by atoms with van der Waals surface area (Å²) in [4.78, 5) is 12.0. The highest BCUT2D eigenvalue weighted by molar-refractivity contribution is 5.92. The smallest absolute Gasteiger partial charge is 0.271 e. The van der Waals surface area contributed by atoms with Crippen molar-refractivity contribution >= 4 is 5.91 Å². The molecule has 0 unspecified atom stereocenters. The van der Waals surface area contributed by atoms with E-state index in [1.54, 1.807) is 17.8 Å². The van der Waals surface area contributed by atoms with E-state index in [1.165, 1.54) is 0 Å². The van der Waals surface area contributed by atoms with Crippen molar-refractivity contribution in [1.29, 1.82) is 0 Å². The van der Waals surface area contributed by atoms with Gasteiger partial charge in [-0.25, -0.2) is 0 Å². The van der Waals surface area contributed by atoms with E-state index < -0.39 is 0 Å². The summed E-state index contributed by atoms with van der Waals surface area (Å²) in [6.07, 6.45) is -0.200. The molecule has 6 heteroatoms. The first-order valence-electron chi connectivity index (χ1n) is 6.81. The third-order valence-electron chi connectivity index (χ3n) is 3.40. The molecule has 0 bridgehead atoms. The zero-order chi connectivity index (χ0) is 14.8. The molecule has 0 saturated carbocycles. The standard InChI is InChI=1S/C15H17N3O3/c1-10-7-12(17-18(10)2)15(19)16-8-11-9-20-13-5-3-4-6-14(13)21-11/h3-7,11H,8-9H2,1-2H3,(H,16,19)/t11-/m1/s1. The van der Waals surface area contributed by atoms with E-state index in [1.807, 2.05) is 31.2 Å². The van der Waals surface area contributed by atoms with Crippen molar-refractivity contribution in [2.45, 2.75) is 13.0 Å². The third-order valence-corrected chi connectivity index (χ3v) is 3.40. The van der Waals surface area contributed by atoms with Crippen LogP contribution in [0.4, 0.5) is 0 Å². The average Bonchev–Trinajstić information content (AvgIpc) is 2.84. The molecule has 1 N–H and O–H groups in total.